The summed E-state index contributed by atoms with van der Waals surface area (Å²) in [5.74, 6) is 0. The molecular weight excluding hydrogens is 350 g/mol. The normalized spacial score (nSPS) is 9.90. The van der Waals surface area contributed by atoms with Gasteiger partial charge in [-0.15, -0.1) is 0 Å². The van der Waals surface area contributed by atoms with Gasteiger partial charge in [-0.25, -0.2) is 0 Å². The van der Waals surface area contributed by atoms with E-state index in [0.717, 1.165) is 4.43 Å². The fourth-order valence-corrected chi connectivity index (χ4v) is 2.73. The fourth-order valence-electron chi connectivity index (χ4n) is 0.811. The van der Waals surface area contributed by atoms with E-state index in [-0.39, 0.29) is 0 Å². The van der Waals surface area contributed by atoms with Crippen molar-refractivity contribution in [3.05, 3.63) is 32.9 Å². The predicted octanol–water partition coefficient (Wildman–Crippen LogP) is 3.53. The maximum Gasteiger partial charge on any atom is 0.0257 e. The van der Waals surface area contributed by atoms with Gasteiger partial charge >= 0.3 is 0 Å². The van der Waals surface area contributed by atoms with Crippen molar-refractivity contribution in [2.75, 3.05) is 0 Å². The Morgan fingerprint density at radius 2 is 2.10 bits per heavy atom. The molecule has 0 fully saturated rings. The number of hydrogen-bond acceptors (Lipinski definition) is 0. The molecule has 0 unspecified atom stereocenters. The lowest BCUT2D eigenvalue weighted by atomic mass is 10.2. The first kappa shape index (κ1) is 8.77. The van der Waals surface area contributed by atoms with E-state index in [1.807, 2.05) is 0 Å². The summed E-state index contributed by atoms with van der Waals surface area (Å²) >= 11 is 4.79. The van der Waals surface area contributed by atoms with Gasteiger partial charge in [-0.2, -0.15) is 0 Å². The van der Waals surface area contributed by atoms with Crippen LogP contribution in [0, 0.1) is 10.5 Å². The topological polar surface area (TPSA) is 0 Å². The zero-order valence-electron chi connectivity index (χ0n) is 5.70. The Balaban J connectivity index is 3.14. The number of rotatable bonds is 1. The highest BCUT2D eigenvalue weighted by molar-refractivity contribution is 14.1. The van der Waals surface area contributed by atoms with Crippen LogP contribution in [-0.4, -0.2) is 0 Å². The first-order valence-corrected chi connectivity index (χ1v) is 5.66. The highest BCUT2D eigenvalue weighted by Crippen LogP contribution is 2.18. The molecule has 0 amide bonds. The van der Waals surface area contributed by atoms with E-state index in [2.05, 4.69) is 70.3 Å². The second-order valence-corrected chi connectivity index (χ2v) is 4.02. The molecular formula is C8H8I2. The number of aryl methyl sites for hydroxylation is 1. The summed E-state index contributed by atoms with van der Waals surface area (Å²) in [5, 5.41) is 0. The standard InChI is InChI=1S/C8H8I2/c1-6-3-2-4-7(5-9)8(6)10/h2-4H,5H2,1H3. The van der Waals surface area contributed by atoms with E-state index >= 15 is 0 Å². The molecule has 0 saturated carbocycles. The summed E-state index contributed by atoms with van der Waals surface area (Å²) in [4.78, 5) is 0. The van der Waals surface area contributed by atoms with Gasteiger partial charge in [0.1, 0.15) is 0 Å². The van der Waals surface area contributed by atoms with Crippen molar-refractivity contribution < 1.29 is 0 Å². The van der Waals surface area contributed by atoms with Crippen molar-refractivity contribution in [2.45, 2.75) is 11.4 Å². The molecule has 54 valence electrons. The molecule has 0 aliphatic heterocycles. The summed E-state index contributed by atoms with van der Waals surface area (Å²) in [6, 6.07) is 6.45. The van der Waals surface area contributed by atoms with Gasteiger partial charge in [0.25, 0.3) is 0 Å². The average Bonchev–Trinajstić information content (AvgIpc) is 1.95. The minimum absolute atomic E-state index is 1.11. The van der Waals surface area contributed by atoms with Crippen molar-refractivity contribution in [2.24, 2.45) is 0 Å². The monoisotopic (exact) mass is 358 g/mol. The molecule has 0 saturated heterocycles. The quantitative estimate of drug-likeness (QED) is 0.532. The van der Waals surface area contributed by atoms with Gasteiger partial charge in [0.05, 0.1) is 0 Å². The Hall–Kier alpha value is 0.680. The maximum absolute atomic E-state index is 2.40. The summed E-state index contributed by atoms with van der Waals surface area (Å²) in [7, 11) is 0. The third-order valence-electron chi connectivity index (χ3n) is 1.42. The Morgan fingerprint density at radius 1 is 1.40 bits per heavy atom. The van der Waals surface area contributed by atoms with Crippen molar-refractivity contribution >= 4 is 45.2 Å². The lowest BCUT2D eigenvalue weighted by Gasteiger charge is -2.01. The van der Waals surface area contributed by atoms with Crippen LogP contribution >= 0.6 is 45.2 Å². The maximum atomic E-state index is 2.40. The SMILES string of the molecule is Cc1cccc(CI)c1I. The van der Waals surface area contributed by atoms with Gasteiger partial charge in [0, 0.05) is 8.00 Å². The summed E-state index contributed by atoms with van der Waals surface area (Å²) < 4.78 is 2.52. The fraction of sp³-hybridized carbons (Fsp3) is 0.250. The third-order valence-corrected chi connectivity index (χ3v) is 3.78. The molecule has 2 heteroatoms. The van der Waals surface area contributed by atoms with E-state index in [4.69, 9.17) is 0 Å². The smallest absolute Gasteiger partial charge is 0.0257 e. The minimum Gasteiger partial charge on any atom is -0.0811 e. The summed E-state index contributed by atoms with van der Waals surface area (Å²) in [5.41, 5.74) is 2.83. The highest BCUT2D eigenvalue weighted by atomic mass is 127. The molecule has 0 N–H and O–H groups in total. The molecule has 1 rings (SSSR count). The van der Waals surface area contributed by atoms with Crippen LogP contribution in [0.15, 0.2) is 18.2 Å². The van der Waals surface area contributed by atoms with Crippen LogP contribution in [0.5, 0.6) is 0 Å². The molecule has 0 nitrogen and oxygen atoms in total. The number of alkyl halides is 1. The second-order valence-electron chi connectivity index (χ2n) is 2.18. The molecule has 10 heavy (non-hydrogen) atoms. The molecule has 0 spiro atoms. The zero-order valence-corrected chi connectivity index (χ0v) is 10.0. The van der Waals surface area contributed by atoms with Crippen LogP contribution < -0.4 is 0 Å². The van der Waals surface area contributed by atoms with E-state index in [1.54, 1.807) is 0 Å². The lowest BCUT2D eigenvalue weighted by Crippen LogP contribution is -1.86. The average molecular weight is 358 g/mol. The molecule has 0 aliphatic carbocycles. The Labute approximate surface area is 88.7 Å². The second kappa shape index (κ2) is 3.90. The van der Waals surface area contributed by atoms with Crippen LogP contribution in [0.4, 0.5) is 0 Å². The summed E-state index contributed by atoms with van der Waals surface area (Å²) in [6.07, 6.45) is 0. The number of hydrogen-bond donors (Lipinski definition) is 0. The minimum atomic E-state index is 1.11. The van der Waals surface area contributed by atoms with E-state index in [9.17, 15) is 0 Å². The Bertz CT molecular complexity index is 231. The first-order valence-electron chi connectivity index (χ1n) is 3.05. The molecule has 0 aromatic heterocycles. The molecule has 1 aromatic rings. The van der Waals surface area contributed by atoms with Crippen LogP contribution in [0.3, 0.4) is 0 Å². The number of benzene rings is 1. The molecule has 0 bridgehead atoms. The van der Waals surface area contributed by atoms with Gasteiger partial charge in [-0.3, -0.25) is 0 Å². The van der Waals surface area contributed by atoms with Gasteiger partial charge in [-0.05, 0) is 40.6 Å². The largest absolute Gasteiger partial charge is 0.0811 e. The van der Waals surface area contributed by atoms with Gasteiger partial charge in [0.15, 0.2) is 0 Å². The Morgan fingerprint density at radius 3 is 2.60 bits per heavy atom. The number of halogens is 2. The third kappa shape index (κ3) is 1.84. The van der Waals surface area contributed by atoms with Crippen LogP contribution in [0.25, 0.3) is 0 Å². The zero-order chi connectivity index (χ0) is 7.56. The predicted molar refractivity (Wildman–Crippen MR) is 61.6 cm³/mol. The molecule has 0 heterocycles. The Kier molecular flexibility index (Phi) is 3.42. The van der Waals surface area contributed by atoms with E-state index in [1.165, 1.54) is 14.7 Å². The lowest BCUT2D eigenvalue weighted by molar-refractivity contribution is 1.33. The van der Waals surface area contributed by atoms with Gasteiger partial charge < -0.3 is 0 Å². The van der Waals surface area contributed by atoms with Crippen molar-refractivity contribution in [1.29, 1.82) is 0 Å². The van der Waals surface area contributed by atoms with Crippen molar-refractivity contribution in [1.82, 2.24) is 0 Å². The summed E-state index contributed by atoms with van der Waals surface area (Å²) in [6.45, 7) is 2.15. The van der Waals surface area contributed by atoms with Crippen LogP contribution in [0.1, 0.15) is 11.1 Å². The van der Waals surface area contributed by atoms with Crippen LogP contribution in [0.2, 0.25) is 0 Å². The van der Waals surface area contributed by atoms with Gasteiger partial charge in [0.2, 0.25) is 0 Å². The molecule has 0 atom stereocenters. The molecule has 1 aromatic carbocycles. The van der Waals surface area contributed by atoms with Crippen LogP contribution in [-0.2, 0) is 4.43 Å². The highest BCUT2D eigenvalue weighted by Gasteiger charge is 1.98. The van der Waals surface area contributed by atoms with Crippen molar-refractivity contribution in [3.8, 4) is 0 Å². The first-order chi connectivity index (χ1) is 4.75. The van der Waals surface area contributed by atoms with Gasteiger partial charge in [-0.1, -0.05) is 40.8 Å². The molecule has 0 aliphatic rings. The molecule has 0 radical (unpaired) electrons. The van der Waals surface area contributed by atoms with Crippen molar-refractivity contribution in [3.63, 3.8) is 0 Å². The van der Waals surface area contributed by atoms with E-state index < -0.39 is 0 Å². The van der Waals surface area contributed by atoms with E-state index in [0.29, 0.717) is 0 Å².